The molecule has 2 aromatic rings. The largest absolute Gasteiger partial charge is 0.334 e. The van der Waals surface area contributed by atoms with E-state index in [0.29, 0.717) is 12.4 Å². The summed E-state index contributed by atoms with van der Waals surface area (Å²) in [6.07, 6.45) is 1.48. The number of hydrogen-bond donors (Lipinski definition) is 0. The van der Waals surface area contributed by atoms with Crippen LogP contribution in [-0.2, 0) is 6.54 Å². The number of carbonyl (C=O) groups excluding carboxylic acids is 1. The van der Waals surface area contributed by atoms with Crippen LogP contribution in [0.1, 0.15) is 41.8 Å². The minimum atomic E-state index is -0.229. The Morgan fingerprint density at radius 3 is 2.80 bits per heavy atom. The highest BCUT2D eigenvalue weighted by atomic mass is 35.5. The average Bonchev–Trinajstić information content (AvgIpc) is 2.91. The fraction of sp³-hybridized carbons (Fsp3) is 0.385. The smallest absolute Gasteiger partial charge is 0.274 e. The van der Waals surface area contributed by atoms with Crippen LogP contribution in [0.25, 0.3) is 0 Å². The fourth-order valence-electron chi connectivity index (χ4n) is 1.62. The number of amides is 1. The Hall–Kier alpha value is -1.53. The summed E-state index contributed by atoms with van der Waals surface area (Å²) in [7, 11) is 1.70. The minimum Gasteiger partial charge on any atom is -0.334 e. The van der Waals surface area contributed by atoms with Gasteiger partial charge < -0.3 is 4.90 Å². The maximum absolute atomic E-state index is 12.4. The summed E-state index contributed by atoms with van der Waals surface area (Å²) in [6, 6.07) is 0. The number of hydrogen-bond acceptors (Lipinski definition) is 5. The van der Waals surface area contributed by atoms with Crippen molar-refractivity contribution in [3.05, 3.63) is 39.3 Å². The van der Waals surface area contributed by atoms with Gasteiger partial charge >= 0.3 is 0 Å². The first kappa shape index (κ1) is 14.9. The van der Waals surface area contributed by atoms with Gasteiger partial charge in [-0.25, -0.2) is 15.0 Å². The zero-order chi connectivity index (χ0) is 14.7. The maximum atomic E-state index is 12.4. The second-order valence-corrected chi connectivity index (χ2v) is 5.85. The molecule has 0 aliphatic rings. The van der Waals surface area contributed by atoms with Crippen molar-refractivity contribution in [2.45, 2.75) is 26.3 Å². The molecule has 0 aromatic carbocycles. The number of thiazole rings is 1. The standard InChI is InChI=1S/C13H15ClN4OS/c1-8(2)12-15-4-10(14)11(17-12)13(19)18(3)5-9-6-20-7-16-9/h4,6-8H,5H2,1-3H3. The van der Waals surface area contributed by atoms with Crippen LogP contribution in [0.2, 0.25) is 5.02 Å². The molecular weight excluding hydrogens is 296 g/mol. The lowest BCUT2D eigenvalue weighted by atomic mass is 10.2. The zero-order valence-corrected chi connectivity index (χ0v) is 13.1. The Kier molecular flexibility index (Phi) is 4.67. The summed E-state index contributed by atoms with van der Waals surface area (Å²) in [5.41, 5.74) is 2.82. The van der Waals surface area contributed by atoms with Gasteiger partial charge in [-0.1, -0.05) is 25.4 Å². The third kappa shape index (κ3) is 3.32. The van der Waals surface area contributed by atoms with Gasteiger partial charge in [-0.3, -0.25) is 4.79 Å². The number of aromatic nitrogens is 3. The lowest BCUT2D eigenvalue weighted by Gasteiger charge is -2.16. The molecule has 0 aliphatic heterocycles. The van der Waals surface area contributed by atoms with E-state index in [0.717, 1.165) is 5.69 Å². The number of halogens is 1. The van der Waals surface area contributed by atoms with Crippen LogP contribution in [0.3, 0.4) is 0 Å². The number of carbonyl (C=O) groups is 1. The van der Waals surface area contributed by atoms with Crippen molar-refractivity contribution in [3.63, 3.8) is 0 Å². The summed E-state index contributed by atoms with van der Waals surface area (Å²) < 4.78 is 0. The van der Waals surface area contributed by atoms with Crippen molar-refractivity contribution in [1.82, 2.24) is 19.9 Å². The second kappa shape index (κ2) is 6.28. The molecule has 0 saturated heterocycles. The molecule has 0 spiro atoms. The van der Waals surface area contributed by atoms with Gasteiger partial charge in [0.15, 0.2) is 5.69 Å². The first-order chi connectivity index (χ1) is 9.49. The van der Waals surface area contributed by atoms with Crippen molar-refractivity contribution in [3.8, 4) is 0 Å². The number of nitrogens with zero attached hydrogens (tertiary/aromatic N) is 4. The molecule has 0 atom stereocenters. The first-order valence-electron chi connectivity index (χ1n) is 6.14. The molecule has 0 bridgehead atoms. The van der Waals surface area contributed by atoms with Crippen LogP contribution >= 0.6 is 22.9 Å². The van der Waals surface area contributed by atoms with E-state index in [9.17, 15) is 4.79 Å². The predicted molar refractivity (Wildman–Crippen MR) is 79.0 cm³/mol. The molecule has 0 radical (unpaired) electrons. The Labute approximate surface area is 126 Å². The summed E-state index contributed by atoms with van der Waals surface area (Å²) in [5.74, 6) is 0.523. The molecule has 106 valence electrons. The summed E-state index contributed by atoms with van der Waals surface area (Å²) in [6.45, 7) is 4.37. The Morgan fingerprint density at radius 1 is 1.45 bits per heavy atom. The van der Waals surface area contributed by atoms with E-state index < -0.39 is 0 Å². The molecule has 0 N–H and O–H groups in total. The normalized spacial score (nSPS) is 10.8. The Balaban J connectivity index is 2.21. The van der Waals surface area contributed by atoms with Gasteiger partial charge in [0.2, 0.25) is 0 Å². The molecule has 7 heteroatoms. The first-order valence-corrected chi connectivity index (χ1v) is 7.46. The molecule has 2 heterocycles. The van der Waals surface area contributed by atoms with Crippen LogP contribution in [0.4, 0.5) is 0 Å². The van der Waals surface area contributed by atoms with Gasteiger partial charge in [0.05, 0.1) is 29.0 Å². The van der Waals surface area contributed by atoms with Crippen LogP contribution in [0.15, 0.2) is 17.1 Å². The SMILES string of the molecule is CC(C)c1ncc(Cl)c(C(=O)N(C)Cc2cscn2)n1. The van der Waals surface area contributed by atoms with Crippen molar-refractivity contribution < 1.29 is 4.79 Å². The van der Waals surface area contributed by atoms with Crippen LogP contribution in [0, 0.1) is 0 Å². The Morgan fingerprint density at radius 2 is 2.20 bits per heavy atom. The molecule has 5 nitrogen and oxygen atoms in total. The molecule has 0 aliphatic carbocycles. The molecule has 0 unspecified atom stereocenters. The van der Waals surface area contributed by atoms with E-state index in [4.69, 9.17) is 11.6 Å². The van der Waals surface area contributed by atoms with Gasteiger partial charge in [-0.05, 0) is 0 Å². The third-order valence-electron chi connectivity index (χ3n) is 2.71. The van der Waals surface area contributed by atoms with Crippen molar-refractivity contribution in [1.29, 1.82) is 0 Å². The average molecular weight is 311 g/mol. The highest BCUT2D eigenvalue weighted by molar-refractivity contribution is 7.07. The summed E-state index contributed by atoms with van der Waals surface area (Å²) in [5, 5.41) is 2.18. The molecular formula is C13H15ClN4OS. The van der Waals surface area contributed by atoms with E-state index in [1.165, 1.54) is 17.5 Å². The Bertz CT molecular complexity index is 600. The topological polar surface area (TPSA) is 59.0 Å². The molecule has 20 heavy (non-hydrogen) atoms. The molecule has 2 aromatic heterocycles. The van der Waals surface area contributed by atoms with Crippen molar-refractivity contribution in [2.24, 2.45) is 0 Å². The van der Waals surface area contributed by atoms with E-state index in [1.807, 2.05) is 19.2 Å². The highest BCUT2D eigenvalue weighted by Crippen LogP contribution is 2.18. The quantitative estimate of drug-likeness (QED) is 0.871. The lowest BCUT2D eigenvalue weighted by Crippen LogP contribution is -2.28. The summed E-state index contributed by atoms with van der Waals surface area (Å²) in [4.78, 5) is 26.5. The maximum Gasteiger partial charge on any atom is 0.274 e. The van der Waals surface area contributed by atoms with Gasteiger partial charge in [-0.2, -0.15) is 0 Å². The second-order valence-electron chi connectivity index (χ2n) is 4.72. The van der Waals surface area contributed by atoms with Crippen LogP contribution < -0.4 is 0 Å². The molecule has 0 fully saturated rings. The van der Waals surface area contributed by atoms with Gasteiger partial charge in [0, 0.05) is 18.3 Å². The van der Waals surface area contributed by atoms with E-state index in [1.54, 1.807) is 17.5 Å². The predicted octanol–water partition coefficient (Wildman–Crippen LogP) is 2.98. The molecule has 2 rings (SSSR count). The van der Waals surface area contributed by atoms with E-state index in [-0.39, 0.29) is 22.5 Å². The van der Waals surface area contributed by atoms with Gasteiger partial charge in [0.1, 0.15) is 5.82 Å². The molecule has 0 saturated carbocycles. The van der Waals surface area contributed by atoms with Crippen LogP contribution in [-0.4, -0.2) is 32.8 Å². The van der Waals surface area contributed by atoms with E-state index >= 15 is 0 Å². The highest BCUT2D eigenvalue weighted by Gasteiger charge is 2.19. The van der Waals surface area contributed by atoms with Crippen LogP contribution in [0.5, 0.6) is 0 Å². The van der Waals surface area contributed by atoms with E-state index in [2.05, 4.69) is 15.0 Å². The minimum absolute atomic E-state index is 0.141. The lowest BCUT2D eigenvalue weighted by molar-refractivity contribution is 0.0777. The fourth-order valence-corrected chi connectivity index (χ4v) is 2.34. The zero-order valence-electron chi connectivity index (χ0n) is 11.5. The number of rotatable bonds is 4. The van der Waals surface area contributed by atoms with Gasteiger partial charge in [0.25, 0.3) is 5.91 Å². The monoisotopic (exact) mass is 310 g/mol. The third-order valence-corrected chi connectivity index (χ3v) is 3.62. The van der Waals surface area contributed by atoms with Crippen molar-refractivity contribution >= 4 is 28.8 Å². The summed E-state index contributed by atoms with van der Waals surface area (Å²) >= 11 is 7.53. The van der Waals surface area contributed by atoms with Crippen molar-refractivity contribution in [2.75, 3.05) is 7.05 Å². The van der Waals surface area contributed by atoms with Gasteiger partial charge in [-0.15, -0.1) is 11.3 Å². The molecule has 1 amide bonds.